The minimum atomic E-state index is 0.162. The number of hydrogen-bond donors (Lipinski definition) is 0. The Balaban J connectivity index is 1.32. The molecule has 0 saturated heterocycles. The van der Waals surface area contributed by atoms with Crippen molar-refractivity contribution in [3.63, 3.8) is 0 Å². The van der Waals surface area contributed by atoms with Crippen molar-refractivity contribution in [3.8, 4) is 10.4 Å². The van der Waals surface area contributed by atoms with Crippen LogP contribution in [0, 0.1) is 0 Å². The fourth-order valence-electron chi connectivity index (χ4n) is 3.62. The van der Waals surface area contributed by atoms with Crippen LogP contribution in [0.2, 0.25) is 0 Å². The summed E-state index contributed by atoms with van der Waals surface area (Å²) in [5.41, 5.74) is 3.79. The summed E-state index contributed by atoms with van der Waals surface area (Å²) >= 11 is 3.17. The van der Waals surface area contributed by atoms with Gasteiger partial charge in [0, 0.05) is 23.4 Å². The zero-order valence-electron chi connectivity index (χ0n) is 15.7. The van der Waals surface area contributed by atoms with E-state index in [1.165, 1.54) is 33.3 Å². The van der Waals surface area contributed by atoms with Crippen molar-refractivity contribution < 1.29 is 4.79 Å². The van der Waals surface area contributed by atoms with Crippen LogP contribution in [-0.4, -0.2) is 33.1 Å². The largest absolute Gasteiger partial charge is 0.337 e. The third-order valence-corrected chi connectivity index (χ3v) is 7.25. The molecule has 4 aromatic rings. The van der Waals surface area contributed by atoms with Crippen LogP contribution in [0.15, 0.2) is 72.0 Å². The Hall–Kier alpha value is -2.70. The first kappa shape index (κ1) is 18.3. The van der Waals surface area contributed by atoms with E-state index in [0.29, 0.717) is 12.3 Å². The lowest BCUT2D eigenvalue weighted by molar-refractivity contribution is -0.129. The summed E-state index contributed by atoms with van der Waals surface area (Å²) < 4.78 is 0. The molecular formula is C23H19N3OS2. The van der Waals surface area contributed by atoms with E-state index in [-0.39, 0.29) is 5.91 Å². The molecule has 0 aliphatic carbocycles. The van der Waals surface area contributed by atoms with Crippen LogP contribution < -0.4 is 0 Å². The predicted molar refractivity (Wildman–Crippen MR) is 119 cm³/mol. The monoisotopic (exact) mass is 417 g/mol. The van der Waals surface area contributed by atoms with Crippen LogP contribution in [0.5, 0.6) is 0 Å². The van der Waals surface area contributed by atoms with Crippen LogP contribution in [0.3, 0.4) is 0 Å². The van der Waals surface area contributed by atoms with Crippen LogP contribution >= 0.6 is 23.1 Å². The molecule has 0 radical (unpaired) electrons. The number of carbonyl (C=O) groups excluding carboxylic acids is 1. The molecule has 1 amide bonds. The second-order valence-corrected chi connectivity index (χ2v) is 8.99. The van der Waals surface area contributed by atoms with Gasteiger partial charge in [-0.3, -0.25) is 4.79 Å². The Morgan fingerprint density at radius 2 is 1.83 bits per heavy atom. The van der Waals surface area contributed by atoms with E-state index < -0.39 is 0 Å². The zero-order chi connectivity index (χ0) is 19.6. The fraction of sp³-hybridized carbons (Fsp3) is 0.174. The maximum absolute atomic E-state index is 12.8. The third-order valence-electron chi connectivity index (χ3n) is 5.17. The van der Waals surface area contributed by atoms with Gasteiger partial charge in [-0.1, -0.05) is 66.4 Å². The van der Waals surface area contributed by atoms with E-state index in [9.17, 15) is 4.79 Å². The average Bonchev–Trinajstić information content (AvgIpc) is 3.23. The second kappa shape index (κ2) is 7.97. The van der Waals surface area contributed by atoms with E-state index in [4.69, 9.17) is 0 Å². The van der Waals surface area contributed by atoms with Gasteiger partial charge in [0.1, 0.15) is 16.2 Å². The van der Waals surface area contributed by atoms with Gasteiger partial charge in [0.2, 0.25) is 5.91 Å². The van der Waals surface area contributed by atoms with Gasteiger partial charge < -0.3 is 4.90 Å². The Morgan fingerprint density at radius 3 is 2.69 bits per heavy atom. The Bertz CT molecular complexity index is 1170. The van der Waals surface area contributed by atoms with Crippen LogP contribution in [0.4, 0.5) is 0 Å². The second-order valence-electron chi connectivity index (χ2n) is 7.00. The van der Waals surface area contributed by atoms with E-state index in [2.05, 4.69) is 46.4 Å². The molecule has 0 spiro atoms. The summed E-state index contributed by atoms with van der Waals surface area (Å²) in [6.45, 7) is 1.48. The van der Waals surface area contributed by atoms with Crippen molar-refractivity contribution >= 4 is 39.2 Å². The maximum Gasteiger partial charge on any atom is 0.233 e. The number of thioether (sulfide) groups is 1. The molecule has 4 nitrogen and oxygen atoms in total. The normalized spacial score (nSPS) is 13.4. The van der Waals surface area contributed by atoms with E-state index in [1.54, 1.807) is 17.7 Å². The molecule has 29 heavy (non-hydrogen) atoms. The highest BCUT2D eigenvalue weighted by Gasteiger charge is 2.21. The van der Waals surface area contributed by atoms with Crippen LogP contribution in [0.1, 0.15) is 11.1 Å². The highest BCUT2D eigenvalue weighted by atomic mass is 32.2. The topological polar surface area (TPSA) is 46.1 Å². The van der Waals surface area contributed by atoms with Gasteiger partial charge >= 0.3 is 0 Å². The molecule has 0 bridgehead atoms. The molecule has 0 N–H and O–H groups in total. The number of carbonyl (C=O) groups is 1. The molecule has 0 unspecified atom stereocenters. The summed E-state index contributed by atoms with van der Waals surface area (Å²) in [5.74, 6) is 0.555. The van der Waals surface area contributed by atoms with Gasteiger partial charge in [-0.15, -0.1) is 11.3 Å². The van der Waals surface area contributed by atoms with Crippen molar-refractivity contribution in [3.05, 3.63) is 78.1 Å². The summed E-state index contributed by atoms with van der Waals surface area (Å²) in [5, 5.41) is 1.90. The SMILES string of the molecule is O=C(CSc1ncnc2sc(-c3ccccc3)cc12)N1CCc2ccccc2C1. The molecule has 1 aliphatic heterocycles. The predicted octanol–water partition coefficient (Wildman–Crippen LogP) is 5.04. The Morgan fingerprint density at radius 1 is 1.03 bits per heavy atom. The molecule has 144 valence electrons. The number of fused-ring (bicyclic) bond motifs is 2. The molecule has 0 fully saturated rings. The van der Waals surface area contributed by atoms with E-state index in [0.717, 1.165) is 28.2 Å². The lowest BCUT2D eigenvalue weighted by atomic mass is 10.00. The van der Waals surface area contributed by atoms with Crippen LogP contribution in [0.25, 0.3) is 20.7 Å². The summed E-state index contributed by atoms with van der Waals surface area (Å²) in [7, 11) is 0. The highest BCUT2D eigenvalue weighted by Crippen LogP contribution is 2.36. The summed E-state index contributed by atoms with van der Waals surface area (Å²) in [6, 6.07) is 20.8. The molecule has 3 heterocycles. The van der Waals surface area contributed by atoms with Gasteiger partial charge in [0.15, 0.2) is 0 Å². The molecule has 2 aromatic heterocycles. The molecule has 0 saturated carbocycles. The molecule has 2 aromatic carbocycles. The maximum atomic E-state index is 12.8. The number of aromatic nitrogens is 2. The number of amides is 1. The standard InChI is InChI=1S/C23H19N3OS2/c27-21(26-11-10-16-6-4-5-9-18(16)13-26)14-28-22-19-12-20(17-7-2-1-3-8-17)29-23(19)25-15-24-22/h1-9,12,15H,10-11,13-14H2. The Labute approximate surface area is 177 Å². The van der Waals surface area contributed by atoms with Crippen molar-refractivity contribution in [2.75, 3.05) is 12.3 Å². The number of hydrogen-bond acceptors (Lipinski definition) is 5. The van der Waals surface area contributed by atoms with Gasteiger partial charge in [-0.25, -0.2) is 9.97 Å². The Kier molecular flexibility index (Phi) is 5.04. The summed E-state index contributed by atoms with van der Waals surface area (Å²) in [6.07, 6.45) is 2.52. The molecule has 0 atom stereocenters. The smallest absolute Gasteiger partial charge is 0.233 e. The zero-order valence-corrected chi connectivity index (χ0v) is 17.4. The molecule has 5 rings (SSSR count). The fourth-order valence-corrected chi connectivity index (χ4v) is 5.57. The summed E-state index contributed by atoms with van der Waals surface area (Å²) in [4.78, 5) is 25.8. The first-order valence-electron chi connectivity index (χ1n) is 9.55. The number of rotatable bonds is 4. The third kappa shape index (κ3) is 3.78. The van der Waals surface area contributed by atoms with Crippen molar-refractivity contribution in [1.82, 2.24) is 14.9 Å². The molecule has 6 heteroatoms. The van der Waals surface area contributed by atoms with Crippen LogP contribution in [-0.2, 0) is 17.8 Å². The van der Waals surface area contributed by atoms with Crippen molar-refractivity contribution in [2.24, 2.45) is 0 Å². The van der Waals surface area contributed by atoms with E-state index >= 15 is 0 Å². The van der Waals surface area contributed by atoms with Crippen molar-refractivity contribution in [1.29, 1.82) is 0 Å². The number of benzene rings is 2. The first-order valence-corrected chi connectivity index (χ1v) is 11.4. The van der Waals surface area contributed by atoms with Gasteiger partial charge in [0.25, 0.3) is 0 Å². The van der Waals surface area contributed by atoms with Gasteiger partial charge in [-0.05, 0) is 29.2 Å². The molecular weight excluding hydrogens is 398 g/mol. The van der Waals surface area contributed by atoms with Gasteiger partial charge in [-0.2, -0.15) is 0 Å². The highest BCUT2D eigenvalue weighted by molar-refractivity contribution is 8.00. The number of thiophene rings is 1. The average molecular weight is 418 g/mol. The lowest BCUT2D eigenvalue weighted by Crippen LogP contribution is -2.37. The number of nitrogens with zero attached hydrogens (tertiary/aromatic N) is 3. The quantitative estimate of drug-likeness (QED) is 0.345. The minimum Gasteiger partial charge on any atom is -0.337 e. The van der Waals surface area contributed by atoms with Crippen molar-refractivity contribution in [2.45, 2.75) is 18.0 Å². The minimum absolute atomic E-state index is 0.162. The molecule has 1 aliphatic rings. The lowest BCUT2D eigenvalue weighted by Gasteiger charge is -2.28. The van der Waals surface area contributed by atoms with E-state index in [1.807, 2.05) is 29.2 Å². The first-order chi connectivity index (χ1) is 14.3. The van der Waals surface area contributed by atoms with Gasteiger partial charge in [0.05, 0.1) is 5.75 Å².